The molecule has 0 bridgehead atoms. The highest BCUT2D eigenvalue weighted by atomic mass is 35.5. The first-order valence-corrected chi connectivity index (χ1v) is 8.24. The predicted molar refractivity (Wildman–Crippen MR) is 87.9 cm³/mol. The van der Waals surface area contributed by atoms with Gasteiger partial charge in [0.15, 0.2) is 0 Å². The van der Waals surface area contributed by atoms with Crippen molar-refractivity contribution < 1.29 is 0 Å². The molecule has 0 spiro atoms. The fourth-order valence-electron chi connectivity index (χ4n) is 3.59. The number of rotatable bonds is 4. The first-order chi connectivity index (χ1) is 9.63. The average molecular weight is 293 g/mol. The summed E-state index contributed by atoms with van der Waals surface area (Å²) in [6, 6.07) is 6.76. The van der Waals surface area contributed by atoms with E-state index >= 15 is 0 Å². The number of nitrogens with one attached hydrogen (secondary N) is 1. The van der Waals surface area contributed by atoms with Crippen LogP contribution in [-0.2, 0) is 0 Å². The maximum absolute atomic E-state index is 6.17. The van der Waals surface area contributed by atoms with Crippen molar-refractivity contribution in [1.82, 2.24) is 0 Å². The van der Waals surface area contributed by atoms with Gasteiger partial charge in [-0.25, -0.2) is 0 Å². The normalized spacial score (nSPS) is 26.4. The van der Waals surface area contributed by atoms with Crippen LogP contribution in [-0.4, -0.2) is 20.1 Å². The lowest BCUT2D eigenvalue weighted by Gasteiger charge is -2.32. The lowest BCUT2D eigenvalue weighted by Crippen LogP contribution is -2.29. The van der Waals surface area contributed by atoms with Crippen LogP contribution in [0.3, 0.4) is 0 Å². The van der Waals surface area contributed by atoms with E-state index in [0.717, 1.165) is 16.9 Å². The second-order valence-electron chi connectivity index (χ2n) is 6.66. The van der Waals surface area contributed by atoms with Crippen LogP contribution in [0.4, 0.5) is 11.4 Å². The van der Waals surface area contributed by atoms with Gasteiger partial charge in [-0.2, -0.15) is 0 Å². The van der Waals surface area contributed by atoms with Gasteiger partial charge in [0.25, 0.3) is 0 Å². The Hall–Kier alpha value is -0.890. The molecule has 2 fully saturated rings. The largest absolute Gasteiger partial charge is 0.381 e. The molecule has 3 heteroatoms. The van der Waals surface area contributed by atoms with Gasteiger partial charge in [-0.15, -0.1) is 0 Å². The predicted octanol–water partition coefficient (Wildman–Crippen LogP) is 4.79. The Bertz CT molecular complexity index is 468. The van der Waals surface area contributed by atoms with E-state index < -0.39 is 0 Å². The van der Waals surface area contributed by atoms with E-state index in [0.29, 0.717) is 6.04 Å². The van der Waals surface area contributed by atoms with Gasteiger partial charge in [-0.3, -0.25) is 0 Å². The molecule has 2 atom stereocenters. The molecule has 20 heavy (non-hydrogen) atoms. The number of hydrogen-bond acceptors (Lipinski definition) is 2. The summed E-state index contributed by atoms with van der Waals surface area (Å²) in [5, 5.41) is 4.57. The van der Waals surface area contributed by atoms with Crippen molar-refractivity contribution in [3.05, 3.63) is 23.2 Å². The molecule has 1 N–H and O–H groups in total. The molecule has 1 aromatic rings. The quantitative estimate of drug-likeness (QED) is 0.858. The summed E-state index contributed by atoms with van der Waals surface area (Å²) in [5.41, 5.74) is 2.41. The Balaban J connectivity index is 1.71. The highest BCUT2D eigenvalue weighted by molar-refractivity contribution is 6.31. The van der Waals surface area contributed by atoms with E-state index in [1.807, 2.05) is 6.07 Å². The summed E-state index contributed by atoms with van der Waals surface area (Å²) in [6.45, 7) is 0. The van der Waals surface area contributed by atoms with Crippen LogP contribution in [0.1, 0.15) is 38.5 Å². The monoisotopic (exact) mass is 292 g/mol. The van der Waals surface area contributed by atoms with Crippen LogP contribution in [0.2, 0.25) is 5.02 Å². The Morgan fingerprint density at radius 2 is 1.90 bits per heavy atom. The van der Waals surface area contributed by atoms with Gasteiger partial charge in [0.05, 0.1) is 11.4 Å². The van der Waals surface area contributed by atoms with Gasteiger partial charge in [0.2, 0.25) is 0 Å². The minimum absolute atomic E-state index is 0.617. The van der Waals surface area contributed by atoms with Crippen LogP contribution in [0.5, 0.6) is 0 Å². The van der Waals surface area contributed by atoms with E-state index in [1.165, 1.54) is 49.9 Å². The number of nitrogens with zero attached hydrogens (tertiary/aromatic N) is 1. The molecule has 0 aromatic heterocycles. The molecule has 2 aliphatic carbocycles. The van der Waals surface area contributed by atoms with E-state index in [2.05, 4.69) is 36.4 Å². The van der Waals surface area contributed by atoms with Crippen LogP contribution in [0.25, 0.3) is 0 Å². The first-order valence-electron chi connectivity index (χ1n) is 7.87. The van der Waals surface area contributed by atoms with Crippen molar-refractivity contribution >= 4 is 23.0 Å². The highest BCUT2D eigenvalue weighted by Gasteiger charge is 2.34. The zero-order valence-corrected chi connectivity index (χ0v) is 13.3. The van der Waals surface area contributed by atoms with Gasteiger partial charge in [0.1, 0.15) is 0 Å². The molecule has 2 saturated carbocycles. The Morgan fingerprint density at radius 3 is 2.60 bits per heavy atom. The summed E-state index contributed by atoms with van der Waals surface area (Å²) in [7, 11) is 4.17. The number of benzene rings is 1. The SMILES string of the molecule is CN(C)c1ccc(Cl)cc1NC1CCCC(C2CC2)C1. The van der Waals surface area contributed by atoms with Gasteiger partial charge in [0, 0.05) is 25.2 Å². The maximum Gasteiger partial charge on any atom is 0.0597 e. The van der Waals surface area contributed by atoms with Crippen molar-refractivity contribution in [1.29, 1.82) is 0 Å². The third-order valence-electron chi connectivity index (χ3n) is 4.80. The van der Waals surface area contributed by atoms with E-state index in [4.69, 9.17) is 11.6 Å². The fraction of sp³-hybridized carbons (Fsp3) is 0.647. The van der Waals surface area contributed by atoms with Crippen LogP contribution in [0.15, 0.2) is 18.2 Å². The Labute approximate surface area is 127 Å². The summed E-state index contributed by atoms with van der Waals surface area (Å²) >= 11 is 6.17. The standard InChI is InChI=1S/C17H25ClN2/c1-20(2)17-9-8-14(18)11-16(17)19-15-5-3-4-13(10-15)12-6-7-12/h8-9,11-13,15,19H,3-7,10H2,1-2H3. The first kappa shape index (κ1) is 14.1. The summed E-state index contributed by atoms with van der Waals surface area (Å²) in [4.78, 5) is 2.15. The second-order valence-corrected chi connectivity index (χ2v) is 7.10. The molecule has 2 nitrogen and oxygen atoms in total. The average Bonchev–Trinajstić information content (AvgIpc) is 3.23. The zero-order chi connectivity index (χ0) is 14.1. The van der Waals surface area contributed by atoms with Crippen molar-refractivity contribution in [2.45, 2.75) is 44.6 Å². The molecule has 0 radical (unpaired) electrons. The summed E-state index contributed by atoms with van der Waals surface area (Å²) in [5.74, 6) is 2.00. The molecule has 0 saturated heterocycles. The molecule has 110 valence electrons. The van der Waals surface area contributed by atoms with Crippen molar-refractivity contribution in [2.75, 3.05) is 24.3 Å². The minimum Gasteiger partial charge on any atom is -0.381 e. The van der Waals surface area contributed by atoms with Crippen LogP contribution >= 0.6 is 11.6 Å². The molecule has 0 heterocycles. The smallest absolute Gasteiger partial charge is 0.0597 e. The second kappa shape index (κ2) is 5.85. The maximum atomic E-state index is 6.17. The summed E-state index contributed by atoms with van der Waals surface area (Å²) in [6.07, 6.45) is 8.39. The van der Waals surface area contributed by atoms with Crippen LogP contribution < -0.4 is 10.2 Å². The van der Waals surface area contributed by atoms with Crippen molar-refractivity contribution in [3.63, 3.8) is 0 Å². The van der Waals surface area contributed by atoms with Gasteiger partial charge >= 0.3 is 0 Å². The molecular formula is C17H25ClN2. The fourth-order valence-corrected chi connectivity index (χ4v) is 3.76. The van der Waals surface area contributed by atoms with Crippen molar-refractivity contribution in [3.8, 4) is 0 Å². The molecular weight excluding hydrogens is 268 g/mol. The zero-order valence-electron chi connectivity index (χ0n) is 12.5. The summed E-state index contributed by atoms with van der Waals surface area (Å²) < 4.78 is 0. The van der Waals surface area contributed by atoms with Gasteiger partial charge in [-0.05, 0) is 55.7 Å². The number of hydrogen-bond donors (Lipinski definition) is 1. The molecule has 0 amide bonds. The molecule has 0 aliphatic heterocycles. The number of anilines is 2. The topological polar surface area (TPSA) is 15.3 Å². The van der Waals surface area contributed by atoms with Gasteiger partial charge in [-0.1, -0.05) is 24.4 Å². The van der Waals surface area contributed by atoms with Crippen LogP contribution in [0, 0.1) is 11.8 Å². The Kier molecular flexibility index (Phi) is 4.11. The van der Waals surface area contributed by atoms with Crippen molar-refractivity contribution in [2.24, 2.45) is 11.8 Å². The van der Waals surface area contributed by atoms with E-state index in [9.17, 15) is 0 Å². The highest BCUT2D eigenvalue weighted by Crippen LogP contribution is 2.44. The molecule has 2 aliphatic rings. The third kappa shape index (κ3) is 3.22. The Morgan fingerprint density at radius 1 is 1.10 bits per heavy atom. The lowest BCUT2D eigenvalue weighted by molar-refractivity contribution is 0.303. The number of halogens is 1. The molecule has 1 aromatic carbocycles. The lowest BCUT2D eigenvalue weighted by atomic mass is 9.82. The van der Waals surface area contributed by atoms with E-state index in [1.54, 1.807) is 0 Å². The molecule has 2 unspecified atom stereocenters. The third-order valence-corrected chi connectivity index (χ3v) is 5.04. The molecule has 3 rings (SSSR count). The van der Waals surface area contributed by atoms with Gasteiger partial charge < -0.3 is 10.2 Å². The minimum atomic E-state index is 0.617. The van der Waals surface area contributed by atoms with E-state index in [-0.39, 0.29) is 0 Å².